The van der Waals surface area contributed by atoms with Gasteiger partial charge in [-0.3, -0.25) is 52.7 Å². The second-order valence-corrected chi connectivity index (χ2v) is 12.1. The van der Waals surface area contributed by atoms with Gasteiger partial charge in [-0.15, -0.1) is 0 Å². The summed E-state index contributed by atoms with van der Waals surface area (Å²) < 4.78 is 65.0. The predicted octanol–water partition coefficient (Wildman–Crippen LogP) is -0.777. The first-order valence-electron chi connectivity index (χ1n) is 16.8. The molecule has 0 N–H and O–H groups in total. The number of ether oxygens (including phenoxy) is 12. The average Bonchev–Trinajstić information content (AvgIpc) is 3.02. The van der Waals surface area contributed by atoms with Crippen molar-refractivity contribution < 1.29 is 110 Å². The summed E-state index contributed by atoms with van der Waals surface area (Å²) >= 11 is 0. The Labute approximate surface area is 325 Å². The molecule has 0 amide bonds. The van der Waals surface area contributed by atoms with E-state index in [4.69, 9.17) is 56.8 Å². The first kappa shape index (κ1) is 49.1. The molecule has 1 saturated heterocycles. The van der Waals surface area contributed by atoms with E-state index in [0.29, 0.717) is 0 Å². The highest BCUT2D eigenvalue weighted by Crippen LogP contribution is 2.36. The summed E-state index contributed by atoms with van der Waals surface area (Å²) in [5.41, 5.74) is 0. The molecule has 0 aromatic heterocycles. The Morgan fingerprint density at radius 1 is 0.386 bits per heavy atom. The van der Waals surface area contributed by atoms with Crippen molar-refractivity contribution in [2.75, 3.05) is 6.61 Å². The van der Waals surface area contributed by atoms with Gasteiger partial charge in [-0.05, 0) is 0 Å². The van der Waals surface area contributed by atoms with Crippen LogP contribution in [0, 0.1) is 0 Å². The summed E-state index contributed by atoms with van der Waals surface area (Å²) in [6.07, 6.45) is -23.3. The molecule has 1 aliphatic heterocycles. The second kappa shape index (κ2) is 22.6. The van der Waals surface area contributed by atoms with Crippen LogP contribution in [0.1, 0.15) is 76.2 Å². The van der Waals surface area contributed by atoms with Crippen LogP contribution in [-0.2, 0) is 110 Å². The van der Waals surface area contributed by atoms with Crippen LogP contribution in [0.15, 0.2) is 0 Å². The van der Waals surface area contributed by atoms with E-state index in [1.54, 1.807) is 0 Å². The number of esters is 11. The first-order chi connectivity index (χ1) is 26.3. The van der Waals surface area contributed by atoms with E-state index in [0.717, 1.165) is 76.2 Å². The third kappa shape index (κ3) is 16.8. The minimum Gasteiger partial charge on any atom is -0.462 e. The lowest BCUT2D eigenvalue weighted by molar-refractivity contribution is -0.316. The van der Waals surface area contributed by atoms with Gasteiger partial charge >= 0.3 is 65.7 Å². The van der Waals surface area contributed by atoms with Crippen molar-refractivity contribution in [3.8, 4) is 0 Å². The molecule has 320 valence electrons. The third-order valence-corrected chi connectivity index (χ3v) is 6.98. The van der Waals surface area contributed by atoms with Crippen molar-refractivity contribution in [1.29, 1.82) is 0 Å². The van der Waals surface area contributed by atoms with Crippen LogP contribution >= 0.6 is 0 Å². The van der Waals surface area contributed by atoms with E-state index in [1.807, 2.05) is 0 Å². The molecular formula is C34H46O23. The maximum atomic E-state index is 12.9. The lowest BCUT2D eigenvalue weighted by Crippen LogP contribution is -2.68. The molecule has 1 fully saturated rings. The van der Waals surface area contributed by atoms with Crippen LogP contribution in [0.25, 0.3) is 0 Å². The monoisotopic (exact) mass is 822 g/mol. The van der Waals surface area contributed by atoms with Crippen molar-refractivity contribution in [1.82, 2.24) is 0 Å². The summed E-state index contributed by atoms with van der Waals surface area (Å²) in [7, 11) is 0. The van der Waals surface area contributed by atoms with Gasteiger partial charge in [-0.2, -0.15) is 0 Å². The summed E-state index contributed by atoms with van der Waals surface area (Å²) in [4.78, 5) is 137. The van der Waals surface area contributed by atoms with Crippen molar-refractivity contribution in [2.24, 2.45) is 0 Å². The summed E-state index contributed by atoms with van der Waals surface area (Å²) in [5.74, 6) is -12.3. The summed E-state index contributed by atoms with van der Waals surface area (Å²) in [6, 6.07) is 0. The first-order valence-corrected chi connectivity index (χ1v) is 16.8. The van der Waals surface area contributed by atoms with Gasteiger partial charge in [0, 0.05) is 76.2 Å². The van der Waals surface area contributed by atoms with E-state index in [-0.39, 0.29) is 0 Å². The summed E-state index contributed by atoms with van der Waals surface area (Å²) in [6.45, 7) is 8.78. The normalized spacial score (nSPS) is 21.8. The minimum atomic E-state index is -2.34. The molecule has 23 heteroatoms. The quantitative estimate of drug-likeness (QED) is 0.121. The van der Waals surface area contributed by atoms with Crippen LogP contribution in [0.4, 0.5) is 0 Å². The number of hydrogen-bond donors (Lipinski definition) is 0. The molecule has 0 saturated carbocycles. The zero-order valence-corrected chi connectivity index (χ0v) is 32.9. The van der Waals surface area contributed by atoms with Crippen molar-refractivity contribution in [3.05, 3.63) is 0 Å². The Balaban J connectivity index is 4.45. The number of carbonyl (C=O) groups excluding carboxylic acids is 11. The van der Waals surface area contributed by atoms with Gasteiger partial charge in [0.1, 0.15) is 12.7 Å². The van der Waals surface area contributed by atoms with Gasteiger partial charge in [0.15, 0.2) is 48.8 Å². The molecule has 0 aromatic rings. The summed E-state index contributed by atoms with van der Waals surface area (Å²) in [5, 5.41) is 0. The molecule has 0 aromatic carbocycles. The smallest absolute Gasteiger partial charge is 0.305 e. The average molecular weight is 823 g/mol. The fourth-order valence-corrected chi connectivity index (χ4v) is 5.53. The Morgan fingerprint density at radius 2 is 0.754 bits per heavy atom. The highest BCUT2D eigenvalue weighted by atomic mass is 16.8. The molecular weight excluding hydrogens is 776 g/mol. The van der Waals surface area contributed by atoms with Crippen LogP contribution < -0.4 is 0 Å². The Hall–Kier alpha value is -5.87. The molecule has 0 bridgehead atoms. The standard InChI is InChI=1S/C34H46O23/c1-13(35)46-12-24(47-14(2)36)25(48-15(3)37)26(49-16(4)38)27(50-17(5)39)28(51-18(6)40)29(52-19(7)41)31-30(53-20(8)42)32(54-21(9)43)33(55-22(10)44)34(57-31)56-23(11)45/h24-34H,12H2,1-11H3/t24-,25-,26+,27+,28-,29-,30-,31-,32+,33+,34+/m1/s1. The molecule has 57 heavy (non-hydrogen) atoms. The van der Waals surface area contributed by atoms with Gasteiger partial charge in [0.25, 0.3) is 0 Å². The molecule has 11 atom stereocenters. The highest BCUT2D eigenvalue weighted by molar-refractivity contribution is 5.71. The van der Waals surface area contributed by atoms with Gasteiger partial charge in [0.05, 0.1) is 0 Å². The zero-order valence-electron chi connectivity index (χ0n) is 32.9. The molecule has 0 unspecified atom stereocenters. The predicted molar refractivity (Wildman–Crippen MR) is 177 cm³/mol. The van der Waals surface area contributed by atoms with Gasteiger partial charge in [-0.25, -0.2) is 0 Å². The van der Waals surface area contributed by atoms with Gasteiger partial charge in [0.2, 0.25) is 12.4 Å². The largest absolute Gasteiger partial charge is 0.462 e. The zero-order chi connectivity index (χ0) is 43.9. The number of hydrogen-bond acceptors (Lipinski definition) is 23. The fourth-order valence-electron chi connectivity index (χ4n) is 5.53. The Morgan fingerprint density at radius 3 is 1.16 bits per heavy atom. The maximum absolute atomic E-state index is 12.9. The van der Waals surface area contributed by atoms with Crippen LogP contribution in [0.5, 0.6) is 0 Å². The van der Waals surface area contributed by atoms with Crippen molar-refractivity contribution in [2.45, 2.75) is 143 Å². The molecule has 1 rings (SSSR count). The number of carbonyl (C=O) groups is 11. The van der Waals surface area contributed by atoms with E-state index >= 15 is 0 Å². The van der Waals surface area contributed by atoms with E-state index in [1.165, 1.54) is 0 Å². The van der Waals surface area contributed by atoms with Crippen molar-refractivity contribution >= 4 is 65.7 Å². The van der Waals surface area contributed by atoms with Crippen LogP contribution in [0.2, 0.25) is 0 Å². The fraction of sp³-hybridized carbons (Fsp3) is 0.676. The Bertz CT molecular complexity index is 1540. The van der Waals surface area contributed by atoms with Crippen LogP contribution in [-0.4, -0.2) is 140 Å². The van der Waals surface area contributed by atoms with E-state index < -0.39 is 140 Å². The molecule has 0 radical (unpaired) electrons. The lowest BCUT2D eigenvalue weighted by Gasteiger charge is -2.47. The minimum absolute atomic E-state index is 0.820. The molecule has 0 aliphatic carbocycles. The molecule has 1 aliphatic rings. The third-order valence-electron chi connectivity index (χ3n) is 6.98. The van der Waals surface area contributed by atoms with Gasteiger partial charge in [-0.1, -0.05) is 0 Å². The van der Waals surface area contributed by atoms with E-state index in [2.05, 4.69) is 0 Å². The lowest BCUT2D eigenvalue weighted by atomic mass is 9.87. The molecule has 23 nitrogen and oxygen atoms in total. The highest BCUT2D eigenvalue weighted by Gasteiger charge is 2.60. The molecule has 0 spiro atoms. The number of rotatable bonds is 18. The maximum Gasteiger partial charge on any atom is 0.305 e. The van der Waals surface area contributed by atoms with Crippen LogP contribution in [0.3, 0.4) is 0 Å². The van der Waals surface area contributed by atoms with Crippen molar-refractivity contribution in [3.63, 3.8) is 0 Å². The molecule has 1 heterocycles. The van der Waals surface area contributed by atoms with E-state index in [9.17, 15) is 52.7 Å². The second-order valence-electron chi connectivity index (χ2n) is 12.1. The SMILES string of the molecule is CC(=O)OC[C@@H](OC(C)=O)[C@@H](OC(C)=O)[C@H](OC(C)=O)[C@H](OC(C)=O)[C@@H](OC(C)=O)[C@@H](OC(C)=O)[C@H]1O[C@H](OC(C)=O)[C@@H](OC(C)=O)[C@@H](OC(C)=O)[C@@H]1OC(C)=O. The Kier molecular flexibility index (Phi) is 19.5. The van der Waals surface area contributed by atoms with Gasteiger partial charge < -0.3 is 56.8 Å². The topological polar surface area (TPSA) is 299 Å².